The highest BCUT2D eigenvalue weighted by atomic mass is 32.2. The van der Waals surface area contributed by atoms with Gasteiger partial charge in [0.15, 0.2) is 9.84 Å². The zero-order chi connectivity index (χ0) is 28.2. The summed E-state index contributed by atoms with van der Waals surface area (Å²) in [6, 6.07) is 3.17. The molecule has 39 heavy (non-hydrogen) atoms. The van der Waals surface area contributed by atoms with Crippen molar-refractivity contribution < 1.29 is 26.4 Å². The molecule has 0 bridgehead atoms. The molecule has 0 unspecified atom stereocenters. The summed E-state index contributed by atoms with van der Waals surface area (Å²) in [7, 11) is -7.24. The molecule has 0 atom stereocenters. The molecule has 2 aliphatic rings. The van der Waals surface area contributed by atoms with Crippen LogP contribution >= 0.6 is 11.3 Å². The minimum absolute atomic E-state index is 0.0569. The van der Waals surface area contributed by atoms with Gasteiger partial charge in [-0.1, -0.05) is 25.2 Å². The second kappa shape index (κ2) is 10.1. The number of aromatic nitrogens is 4. The molecule has 1 amide bonds. The van der Waals surface area contributed by atoms with Gasteiger partial charge in [0.2, 0.25) is 21.1 Å². The van der Waals surface area contributed by atoms with Crippen molar-refractivity contribution in [2.45, 2.75) is 37.0 Å². The fourth-order valence-corrected chi connectivity index (χ4v) is 8.06. The van der Waals surface area contributed by atoms with Gasteiger partial charge in [0.05, 0.1) is 35.4 Å². The molecule has 3 aromatic rings. The van der Waals surface area contributed by atoms with Gasteiger partial charge >= 0.3 is 0 Å². The highest BCUT2D eigenvalue weighted by Crippen LogP contribution is 2.34. The lowest BCUT2D eigenvalue weighted by molar-refractivity contribution is -0.134. The van der Waals surface area contributed by atoms with Crippen LogP contribution in [0.3, 0.4) is 0 Å². The highest BCUT2D eigenvalue weighted by Gasteiger charge is 2.38. The van der Waals surface area contributed by atoms with Crippen molar-refractivity contribution in [1.29, 1.82) is 0 Å². The van der Waals surface area contributed by atoms with E-state index >= 15 is 0 Å². The van der Waals surface area contributed by atoms with Crippen molar-refractivity contribution in [3.63, 3.8) is 0 Å². The fraction of sp³-hybridized carbons (Fsp3) is 0.565. The number of anilines is 1. The third kappa shape index (κ3) is 5.79. The minimum Gasteiger partial charge on any atom is -0.377 e. The van der Waals surface area contributed by atoms with Gasteiger partial charge in [-0.05, 0) is 19.1 Å². The van der Waals surface area contributed by atoms with Crippen LogP contribution in [0.4, 0.5) is 5.69 Å². The number of piperazine rings is 1. The van der Waals surface area contributed by atoms with Crippen LogP contribution in [0.25, 0.3) is 16.0 Å². The zero-order valence-electron chi connectivity index (χ0n) is 22.1. The molecule has 2 saturated heterocycles. The molecular weight excluding hydrogens is 566 g/mol. The normalized spacial score (nSPS) is 18.1. The van der Waals surface area contributed by atoms with Crippen LogP contribution < -0.4 is 9.62 Å². The third-order valence-corrected chi connectivity index (χ3v) is 10.1. The lowest BCUT2D eigenvalue weighted by atomic mass is 10.0. The van der Waals surface area contributed by atoms with E-state index in [1.54, 1.807) is 19.2 Å². The molecular formula is C23H31N7O6S3. The molecule has 0 saturated carbocycles. The van der Waals surface area contributed by atoms with Crippen LogP contribution in [0.15, 0.2) is 23.2 Å². The summed E-state index contributed by atoms with van der Waals surface area (Å²) in [6.07, 6.45) is 2.76. The predicted molar refractivity (Wildman–Crippen MR) is 146 cm³/mol. The SMILES string of the molecule is CC(C)C(=O)N1CCN(c2cc(S(=O)(=O)NC3(C)COC3)cc3c2cnn3-c2nnc(CS(C)(=O)=O)s2)CC1. The Morgan fingerprint density at radius 2 is 1.82 bits per heavy atom. The van der Waals surface area contributed by atoms with Crippen molar-refractivity contribution in [1.82, 2.24) is 29.6 Å². The first kappa shape index (κ1) is 27.9. The topological polar surface area (TPSA) is 157 Å². The van der Waals surface area contributed by atoms with Gasteiger partial charge in [-0.15, -0.1) is 10.2 Å². The Kier molecular flexibility index (Phi) is 7.20. The van der Waals surface area contributed by atoms with Gasteiger partial charge in [-0.3, -0.25) is 4.79 Å². The van der Waals surface area contributed by atoms with E-state index in [2.05, 4.69) is 24.9 Å². The zero-order valence-corrected chi connectivity index (χ0v) is 24.6. The van der Waals surface area contributed by atoms with Gasteiger partial charge in [-0.2, -0.15) is 5.10 Å². The van der Waals surface area contributed by atoms with Crippen LogP contribution in [0, 0.1) is 5.92 Å². The Morgan fingerprint density at radius 1 is 1.13 bits per heavy atom. The average Bonchev–Trinajstić information content (AvgIpc) is 3.47. The summed E-state index contributed by atoms with van der Waals surface area (Å²) in [4.78, 5) is 16.4. The van der Waals surface area contributed by atoms with Crippen molar-refractivity contribution in [3.05, 3.63) is 23.3 Å². The summed E-state index contributed by atoms with van der Waals surface area (Å²) in [5, 5.41) is 13.9. The fourth-order valence-electron chi connectivity index (χ4n) is 4.65. The summed E-state index contributed by atoms with van der Waals surface area (Å²) < 4.78 is 59.9. The van der Waals surface area contributed by atoms with E-state index in [4.69, 9.17) is 4.74 Å². The summed E-state index contributed by atoms with van der Waals surface area (Å²) in [5.74, 6) is -0.263. The molecule has 2 aliphatic heterocycles. The largest absolute Gasteiger partial charge is 0.377 e. The first-order chi connectivity index (χ1) is 18.2. The number of hydrogen-bond acceptors (Lipinski definition) is 11. The Morgan fingerprint density at radius 3 is 2.41 bits per heavy atom. The van der Waals surface area contributed by atoms with Gasteiger partial charge in [0.25, 0.3) is 0 Å². The molecule has 4 heterocycles. The number of nitrogens with one attached hydrogen (secondary N) is 1. The van der Waals surface area contributed by atoms with Crippen LogP contribution in [0.1, 0.15) is 25.8 Å². The highest BCUT2D eigenvalue weighted by molar-refractivity contribution is 7.90. The Hall–Kier alpha value is -2.66. The number of amides is 1. The summed E-state index contributed by atoms with van der Waals surface area (Å²) in [6.45, 7) is 8.17. The van der Waals surface area contributed by atoms with Crippen molar-refractivity contribution in [2.24, 2.45) is 5.92 Å². The average molecular weight is 598 g/mol. The lowest BCUT2D eigenvalue weighted by Crippen LogP contribution is -2.59. The molecule has 13 nitrogen and oxygen atoms in total. The molecule has 16 heteroatoms. The molecule has 1 aromatic carbocycles. The van der Waals surface area contributed by atoms with Gasteiger partial charge < -0.3 is 14.5 Å². The van der Waals surface area contributed by atoms with Crippen LogP contribution in [-0.2, 0) is 35.1 Å². The number of benzene rings is 1. The molecule has 2 fully saturated rings. The number of hydrogen-bond donors (Lipinski definition) is 1. The molecule has 2 aromatic heterocycles. The molecule has 0 aliphatic carbocycles. The number of sulfonamides is 1. The summed E-state index contributed by atoms with van der Waals surface area (Å²) in [5.41, 5.74) is 0.467. The maximum absolute atomic E-state index is 13.5. The molecule has 5 rings (SSSR count). The number of carbonyl (C=O) groups is 1. The van der Waals surface area contributed by atoms with Crippen LogP contribution in [0.2, 0.25) is 0 Å². The number of sulfone groups is 1. The number of carbonyl (C=O) groups excluding carboxylic acids is 1. The van der Waals surface area contributed by atoms with Gasteiger partial charge in [0, 0.05) is 49.4 Å². The van der Waals surface area contributed by atoms with Crippen molar-refractivity contribution >= 4 is 53.7 Å². The Labute approximate surface area is 231 Å². The van der Waals surface area contributed by atoms with Gasteiger partial charge in [-0.25, -0.2) is 26.2 Å². The smallest absolute Gasteiger partial charge is 0.241 e. The summed E-state index contributed by atoms with van der Waals surface area (Å²) >= 11 is 1.08. The second-order valence-corrected chi connectivity index (χ2v) is 15.5. The molecule has 0 radical (unpaired) electrons. The standard InChI is InChI=1S/C23H31N7O6S3/c1-15(2)21(31)29-7-5-28(6-8-29)18-9-16(39(34,35)27-23(3)13-36-14-23)10-19-17(18)11-24-30(19)22-26-25-20(37-22)12-38(4,32)33/h9-11,15,27H,5-8,12-14H2,1-4H3. The second-order valence-electron chi connectivity index (χ2n) is 10.6. The van der Waals surface area contributed by atoms with E-state index in [1.165, 1.54) is 10.7 Å². The first-order valence-corrected chi connectivity index (χ1v) is 16.8. The van der Waals surface area contributed by atoms with E-state index in [-0.39, 0.29) is 35.7 Å². The van der Waals surface area contributed by atoms with E-state index in [0.29, 0.717) is 52.9 Å². The van der Waals surface area contributed by atoms with E-state index in [0.717, 1.165) is 17.6 Å². The minimum atomic E-state index is -3.94. The predicted octanol–water partition coefficient (Wildman–Crippen LogP) is 0.793. The van der Waals surface area contributed by atoms with Gasteiger partial charge in [0.1, 0.15) is 10.8 Å². The third-order valence-electron chi connectivity index (χ3n) is 6.62. The lowest BCUT2D eigenvalue weighted by Gasteiger charge is -2.38. The number of nitrogens with zero attached hydrogens (tertiary/aromatic N) is 6. The molecule has 212 valence electrons. The quantitative estimate of drug-likeness (QED) is 0.394. The number of fused-ring (bicyclic) bond motifs is 1. The molecule has 0 spiro atoms. The Bertz CT molecular complexity index is 1620. The van der Waals surface area contributed by atoms with E-state index < -0.39 is 25.4 Å². The van der Waals surface area contributed by atoms with Crippen molar-refractivity contribution in [3.8, 4) is 5.13 Å². The monoisotopic (exact) mass is 597 g/mol. The molecule has 1 N–H and O–H groups in total. The number of ether oxygens (including phenoxy) is 1. The number of rotatable bonds is 8. The first-order valence-electron chi connectivity index (χ1n) is 12.4. The van der Waals surface area contributed by atoms with Crippen molar-refractivity contribution in [2.75, 3.05) is 50.5 Å². The van der Waals surface area contributed by atoms with E-state index in [9.17, 15) is 21.6 Å². The van der Waals surface area contributed by atoms with Crippen LogP contribution in [-0.4, -0.2) is 98.8 Å². The van der Waals surface area contributed by atoms with Crippen LogP contribution in [0.5, 0.6) is 0 Å². The maximum atomic E-state index is 13.5. The Balaban J connectivity index is 1.56. The van der Waals surface area contributed by atoms with E-state index in [1.807, 2.05) is 18.7 Å². The maximum Gasteiger partial charge on any atom is 0.241 e.